The minimum Gasteiger partial charge on any atom is -0.465 e. The first-order valence-corrected chi connectivity index (χ1v) is 4.87. The minimum absolute atomic E-state index is 0.306. The molecular weight excluding hydrogens is 204 g/mol. The Morgan fingerprint density at radius 2 is 2.19 bits per heavy atom. The number of aryl methyl sites for hydroxylation is 1. The highest BCUT2D eigenvalue weighted by atomic mass is 16.5. The number of carbonyl (C=O) groups excluding carboxylic acids is 1. The topological polar surface area (TPSA) is 65.2 Å². The monoisotopic (exact) mass is 216 g/mol. The van der Waals surface area contributed by atoms with Gasteiger partial charge in [-0.3, -0.25) is 4.98 Å². The number of ether oxygens (including phenoxy) is 1. The maximum Gasteiger partial charge on any atom is 0.341 e. The first-order valence-electron chi connectivity index (χ1n) is 4.87. The van der Waals surface area contributed by atoms with Crippen molar-refractivity contribution in [1.82, 2.24) is 4.98 Å². The first kappa shape index (κ1) is 10.4. The Hall–Kier alpha value is -2.10. The molecule has 0 radical (unpaired) electrons. The van der Waals surface area contributed by atoms with Gasteiger partial charge in [0.2, 0.25) is 0 Å². The highest BCUT2D eigenvalue weighted by Gasteiger charge is 2.13. The van der Waals surface area contributed by atoms with Gasteiger partial charge >= 0.3 is 5.97 Å². The number of esters is 1. The van der Waals surface area contributed by atoms with Gasteiger partial charge in [0.1, 0.15) is 5.56 Å². The van der Waals surface area contributed by atoms with Crippen molar-refractivity contribution < 1.29 is 9.53 Å². The molecule has 1 aromatic heterocycles. The molecule has 2 N–H and O–H groups in total. The third kappa shape index (κ3) is 1.48. The van der Waals surface area contributed by atoms with E-state index >= 15 is 0 Å². The van der Waals surface area contributed by atoms with Gasteiger partial charge in [-0.05, 0) is 12.5 Å². The summed E-state index contributed by atoms with van der Waals surface area (Å²) in [6.07, 6.45) is 1.45. The fourth-order valence-electron chi connectivity index (χ4n) is 1.66. The molecule has 0 aliphatic heterocycles. The molecule has 0 bridgehead atoms. The third-order valence-corrected chi connectivity index (χ3v) is 2.55. The summed E-state index contributed by atoms with van der Waals surface area (Å²) in [6.45, 7) is 1.95. The Morgan fingerprint density at radius 1 is 1.44 bits per heavy atom. The number of carbonyl (C=O) groups is 1. The van der Waals surface area contributed by atoms with Crippen LogP contribution in [0.5, 0.6) is 0 Å². The molecule has 1 heterocycles. The van der Waals surface area contributed by atoms with Crippen molar-refractivity contribution in [3.63, 3.8) is 0 Å². The van der Waals surface area contributed by atoms with E-state index in [0.717, 1.165) is 16.5 Å². The fourth-order valence-corrected chi connectivity index (χ4v) is 1.66. The molecule has 0 saturated heterocycles. The van der Waals surface area contributed by atoms with E-state index in [9.17, 15) is 4.79 Å². The molecule has 82 valence electrons. The number of benzene rings is 1. The molecule has 4 nitrogen and oxygen atoms in total. The summed E-state index contributed by atoms with van der Waals surface area (Å²) in [5.41, 5.74) is 8.49. The molecule has 0 amide bonds. The predicted octanol–water partition coefficient (Wildman–Crippen LogP) is 1.91. The van der Waals surface area contributed by atoms with Crippen LogP contribution in [0.1, 0.15) is 15.9 Å². The highest BCUT2D eigenvalue weighted by Crippen LogP contribution is 2.25. The second kappa shape index (κ2) is 3.81. The third-order valence-electron chi connectivity index (χ3n) is 2.55. The zero-order chi connectivity index (χ0) is 11.7. The summed E-state index contributed by atoms with van der Waals surface area (Å²) in [7, 11) is 1.32. The van der Waals surface area contributed by atoms with Gasteiger partial charge in [-0.2, -0.15) is 0 Å². The quantitative estimate of drug-likeness (QED) is 0.739. The van der Waals surface area contributed by atoms with Crippen molar-refractivity contribution in [2.24, 2.45) is 0 Å². The summed E-state index contributed by atoms with van der Waals surface area (Å²) in [5, 5.41) is 0.780. The van der Waals surface area contributed by atoms with Gasteiger partial charge in [0.15, 0.2) is 0 Å². The van der Waals surface area contributed by atoms with Crippen molar-refractivity contribution >= 4 is 22.6 Å². The summed E-state index contributed by atoms with van der Waals surface area (Å²) in [6, 6.07) is 5.68. The summed E-state index contributed by atoms with van der Waals surface area (Å²) < 4.78 is 4.64. The fraction of sp³-hybridized carbons (Fsp3) is 0.167. The number of fused-ring (bicyclic) bond motifs is 1. The van der Waals surface area contributed by atoms with Crippen LogP contribution in [-0.4, -0.2) is 18.1 Å². The van der Waals surface area contributed by atoms with E-state index in [0.29, 0.717) is 11.3 Å². The molecule has 0 fully saturated rings. The standard InChI is InChI=1S/C12H12N2O2/c1-7-4-3-5-8-10(13)9(12(15)16-2)6-14-11(7)8/h3-6H,1-2H3,(H2,13,14). The van der Waals surface area contributed by atoms with Crippen LogP contribution in [-0.2, 0) is 4.74 Å². The van der Waals surface area contributed by atoms with E-state index in [1.165, 1.54) is 13.3 Å². The number of rotatable bonds is 1. The number of pyridine rings is 1. The number of nitrogen functional groups attached to an aromatic ring is 1. The Kier molecular flexibility index (Phi) is 2.48. The van der Waals surface area contributed by atoms with Gasteiger partial charge in [0.25, 0.3) is 0 Å². The van der Waals surface area contributed by atoms with E-state index in [4.69, 9.17) is 5.73 Å². The van der Waals surface area contributed by atoms with E-state index in [-0.39, 0.29) is 0 Å². The Morgan fingerprint density at radius 3 is 2.88 bits per heavy atom. The second-order valence-corrected chi connectivity index (χ2v) is 3.55. The number of methoxy groups -OCH3 is 1. The highest BCUT2D eigenvalue weighted by molar-refractivity contribution is 6.04. The zero-order valence-electron chi connectivity index (χ0n) is 9.15. The molecule has 2 rings (SSSR count). The smallest absolute Gasteiger partial charge is 0.341 e. The Balaban J connectivity index is 2.75. The van der Waals surface area contributed by atoms with E-state index < -0.39 is 5.97 Å². The number of aromatic nitrogens is 1. The zero-order valence-corrected chi connectivity index (χ0v) is 9.15. The van der Waals surface area contributed by atoms with E-state index in [1.807, 2.05) is 25.1 Å². The van der Waals surface area contributed by atoms with Gasteiger partial charge in [-0.1, -0.05) is 18.2 Å². The van der Waals surface area contributed by atoms with Crippen LogP contribution in [0, 0.1) is 6.92 Å². The SMILES string of the molecule is COC(=O)c1cnc2c(C)cccc2c1N. The van der Waals surface area contributed by atoms with Crippen molar-refractivity contribution in [3.8, 4) is 0 Å². The molecule has 0 atom stereocenters. The minimum atomic E-state index is -0.464. The summed E-state index contributed by atoms with van der Waals surface area (Å²) in [5.74, 6) is -0.464. The summed E-state index contributed by atoms with van der Waals surface area (Å²) in [4.78, 5) is 15.7. The molecular formula is C12H12N2O2. The first-order chi connectivity index (χ1) is 7.65. The average molecular weight is 216 g/mol. The second-order valence-electron chi connectivity index (χ2n) is 3.55. The Labute approximate surface area is 93.0 Å². The number of hydrogen-bond acceptors (Lipinski definition) is 4. The van der Waals surface area contributed by atoms with Crippen molar-refractivity contribution in [3.05, 3.63) is 35.5 Å². The van der Waals surface area contributed by atoms with Crippen LogP contribution in [0.15, 0.2) is 24.4 Å². The maximum absolute atomic E-state index is 11.4. The molecule has 0 unspecified atom stereocenters. The van der Waals surface area contributed by atoms with Gasteiger partial charge in [-0.15, -0.1) is 0 Å². The lowest BCUT2D eigenvalue weighted by atomic mass is 10.1. The number of nitrogens with two attached hydrogens (primary N) is 1. The van der Waals surface area contributed by atoms with Crippen LogP contribution in [0.2, 0.25) is 0 Å². The van der Waals surface area contributed by atoms with Gasteiger partial charge in [0.05, 0.1) is 18.3 Å². The van der Waals surface area contributed by atoms with Crippen LogP contribution < -0.4 is 5.73 Å². The predicted molar refractivity (Wildman–Crippen MR) is 62.2 cm³/mol. The number of para-hydroxylation sites is 1. The van der Waals surface area contributed by atoms with Crippen LogP contribution in [0.25, 0.3) is 10.9 Å². The van der Waals surface area contributed by atoms with Crippen molar-refractivity contribution in [1.29, 1.82) is 0 Å². The van der Waals surface area contributed by atoms with E-state index in [1.54, 1.807) is 0 Å². The largest absolute Gasteiger partial charge is 0.465 e. The molecule has 2 aromatic rings. The van der Waals surface area contributed by atoms with Crippen LogP contribution in [0.3, 0.4) is 0 Å². The normalized spacial score (nSPS) is 10.4. The molecule has 0 spiro atoms. The molecule has 16 heavy (non-hydrogen) atoms. The summed E-state index contributed by atoms with van der Waals surface area (Å²) >= 11 is 0. The Bertz CT molecular complexity index is 564. The lowest BCUT2D eigenvalue weighted by Crippen LogP contribution is -2.07. The van der Waals surface area contributed by atoms with Crippen LogP contribution >= 0.6 is 0 Å². The van der Waals surface area contributed by atoms with Gasteiger partial charge in [0, 0.05) is 11.6 Å². The number of hydrogen-bond donors (Lipinski definition) is 1. The molecule has 1 aromatic carbocycles. The maximum atomic E-state index is 11.4. The number of nitrogens with zero attached hydrogens (tertiary/aromatic N) is 1. The molecule has 0 saturated carbocycles. The van der Waals surface area contributed by atoms with Gasteiger partial charge in [-0.25, -0.2) is 4.79 Å². The molecule has 0 aliphatic rings. The van der Waals surface area contributed by atoms with Gasteiger partial charge < -0.3 is 10.5 Å². The van der Waals surface area contributed by atoms with Crippen molar-refractivity contribution in [2.45, 2.75) is 6.92 Å². The molecule has 4 heteroatoms. The lowest BCUT2D eigenvalue weighted by molar-refractivity contribution is 0.0601. The van der Waals surface area contributed by atoms with E-state index in [2.05, 4.69) is 9.72 Å². The lowest BCUT2D eigenvalue weighted by Gasteiger charge is -2.07. The van der Waals surface area contributed by atoms with Crippen molar-refractivity contribution in [2.75, 3.05) is 12.8 Å². The molecule has 0 aliphatic carbocycles. The average Bonchev–Trinajstić information content (AvgIpc) is 2.30. The number of anilines is 1. The van der Waals surface area contributed by atoms with Crippen LogP contribution in [0.4, 0.5) is 5.69 Å².